The topological polar surface area (TPSA) is 88.3 Å². The van der Waals surface area contributed by atoms with E-state index < -0.39 is 0 Å². The number of pyridine rings is 1. The van der Waals surface area contributed by atoms with Crippen LogP contribution in [0.15, 0.2) is 24.4 Å². The number of anilines is 1. The van der Waals surface area contributed by atoms with Crippen LogP contribution in [-0.2, 0) is 9.59 Å². The van der Waals surface area contributed by atoms with E-state index in [1.54, 1.807) is 13.1 Å². The van der Waals surface area contributed by atoms with E-state index in [1.807, 2.05) is 18.2 Å². The minimum absolute atomic E-state index is 0.00406. The second-order valence-electron chi connectivity index (χ2n) is 5.86. The van der Waals surface area contributed by atoms with Crippen LogP contribution in [0.3, 0.4) is 0 Å². The van der Waals surface area contributed by atoms with Crippen LogP contribution in [0, 0.1) is 5.92 Å². The van der Waals surface area contributed by atoms with Crippen LogP contribution in [0.4, 0.5) is 5.82 Å². The van der Waals surface area contributed by atoms with Gasteiger partial charge < -0.3 is 16.0 Å². The van der Waals surface area contributed by atoms with Crippen molar-refractivity contribution in [2.24, 2.45) is 11.7 Å². The van der Waals surface area contributed by atoms with E-state index in [4.69, 9.17) is 5.73 Å². The van der Waals surface area contributed by atoms with Crippen molar-refractivity contribution in [2.75, 3.05) is 18.0 Å². The monoisotopic (exact) mass is 304 g/mol. The molecule has 0 aliphatic carbocycles. The molecule has 3 N–H and O–H groups in total. The first-order chi connectivity index (χ1) is 10.6. The van der Waals surface area contributed by atoms with Crippen molar-refractivity contribution in [2.45, 2.75) is 38.6 Å². The molecule has 0 spiro atoms. The minimum atomic E-state index is -0.350. The van der Waals surface area contributed by atoms with Gasteiger partial charge in [-0.1, -0.05) is 13.0 Å². The predicted molar refractivity (Wildman–Crippen MR) is 85.2 cm³/mol. The largest absolute Gasteiger partial charge is 0.369 e. The van der Waals surface area contributed by atoms with E-state index in [-0.39, 0.29) is 23.8 Å². The maximum atomic E-state index is 11.9. The molecule has 1 aliphatic rings. The van der Waals surface area contributed by atoms with Crippen LogP contribution in [0.5, 0.6) is 0 Å². The van der Waals surface area contributed by atoms with E-state index in [1.165, 1.54) is 0 Å². The van der Waals surface area contributed by atoms with Crippen LogP contribution in [0.2, 0.25) is 0 Å². The van der Waals surface area contributed by atoms with Gasteiger partial charge in [-0.2, -0.15) is 0 Å². The molecular weight excluding hydrogens is 280 g/mol. The zero-order chi connectivity index (χ0) is 15.9. The molecule has 0 aromatic carbocycles. The van der Waals surface area contributed by atoms with E-state index in [0.29, 0.717) is 12.8 Å². The third-order valence-electron chi connectivity index (χ3n) is 4.12. The highest BCUT2D eigenvalue weighted by molar-refractivity contribution is 5.79. The predicted octanol–water partition coefficient (Wildman–Crippen LogP) is 1.07. The fraction of sp³-hybridized carbons (Fsp3) is 0.562. The molecule has 120 valence electrons. The van der Waals surface area contributed by atoms with Gasteiger partial charge in [0, 0.05) is 37.7 Å². The van der Waals surface area contributed by atoms with Crippen LogP contribution in [0.1, 0.15) is 32.6 Å². The lowest BCUT2D eigenvalue weighted by atomic mass is 10.0. The molecule has 6 heteroatoms. The van der Waals surface area contributed by atoms with Crippen molar-refractivity contribution in [1.29, 1.82) is 0 Å². The normalized spacial score (nSPS) is 17.0. The molecule has 2 heterocycles. The molecule has 1 fully saturated rings. The number of rotatable bonds is 6. The molecule has 22 heavy (non-hydrogen) atoms. The van der Waals surface area contributed by atoms with E-state index in [9.17, 15) is 9.59 Å². The van der Waals surface area contributed by atoms with Crippen LogP contribution < -0.4 is 16.0 Å². The van der Waals surface area contributed by atoms with Gasteiger partial charge in [0.05, 0.1) is 0 Å². The third-order valence-corrected chi connectivity index (χ3v) is 4.12. The Hall–Kier alpha value is -2.11. The highest BCUT2D eigenvalue weighted by atomic mass is 16.2. The summed E-state index contributed by atoms with van der Waals surface area (Å²) >= 11 is 0. The Kier molecular flexibility index (Phi) is 5.75. The highest BCUT2D eigenvalue weighted by Crippen LogP contribution is 2.17. The van der Waals surface area contributed by atoms with Gasteiger partial charge in [0.25, 0.3) is 0 Å². The average Bonchev–Trinajstić information content (AvgIpc) is 2.54. The summed E-state index contributed by atoms with van der Waals surface area (Å²) in [6.07, 6.45) is 4.48. The third kappa shape index (κ3) is 4.72. The first kappa shape index (κ1) is 16.3. The lowest BCUT2D eigenvalue weighted by Gasteiger charge is -2.33. The second kappa shape index (κ2) is 7.77. The van der Waals surface area contributed by atoms with Crippen molar-refractivity contribution in [1.82, 2.24) is 10.3 Å². The Morgan fingerprint density at radius 2 is 2.14 bits per heavy atom. The number of nitrogens with one attached hydrogen (secondary N) is 1. The average molecular weight is 304 g/mol. The lowest BCUT2D eigenvalue weighted by Crippen LogP contribution is -2.45. The quantitative estimate of drug-likeness (QED) is 0.823. The van der Waals surface area contributed by atoms with Crippen molar-refractivity contribution >= 4 is 17.6 Å². The Balaban J connectivity index is 1.71. The Morgan fingerprint density at radius 1 is 1.41 bits per heavy atom. The molecule has 1 saturated heterocycles. The number of primary amides is 1. The second-order valence-corrected chi connectivity index (χ2v) is 5.86. The van der Waals surface area contributed by atoms with Crippen molar-refractivity contribution in [3.05, 3.63) is 24.4 Å². The zero-order valence-corrected chi connectivity index (χ0v) is 13.0. The molecule has 2 rings (SSSR count). The van der Waals surface area contributed by atoms with Gasteiger partial charge in [-0.3, -0.25) is 9.59 Å². The molecule has 1 aliphatic heterocycles. The van der Waals surface area contributed by atoms with Gasteiger partial charge in [0.15, 0.2) is 0 Å². The summed E-state index contributed by atoms with van der Waals surface area (Å²) in [5.74, 6) is 0.389. The van der Waals surface area contributed by atoms with Crippen molar-refractivity contribution < 1.29 is 9.59 Å². The molecule has 1 atom stereocenters. The summed E-state index contributed by atoms with van der Waals surface area (Å²) in [7, 11) is 0. The summed E-state index contributed by atoms with van der Waals surface area (Å²) in [4.78, 5) is 29.4. The minimum Gasteiger partial charge on any atom is -0.369 e. The van der Waals surface area contributed by atoms with Gasteiger partial charge in [0.2, 0.25) is 11.8 Å². The summed E-state index contributed by atoms with van der Waals surface area (Å²) in [6.45, 7) is 3.53. The first-order valence-electron chi connectivity index (χ1n) is 7.81. The van der Waals surface area contributed by atoms with Crippen molar-refractivity contribution in [3.8, 4) is 0 Å². The Bertz CT molecular complexity index is 498. The number of hydrogen-bond donors (Lipinski definition) is 2. The smallest absolute Gasteiger partial charge is 0.220 e. The Morgan fingerprint density at radius 3 is 2.73 bits per heavy atom. The van der Waals surface area contributed by atoms with Gasteiger partial charge in [-0.25, -0.2) is 4.98 Å². The maximum absolute atomic E-state index is 11.9. The van der Waals surface area contributed by atoms with Gasteiger partial charge in [-0.05, 0) is 31.4 Å². The molecule has 6 nitrogen and oxygen atoms in total. The fourth-order valence-corrected chi connectivity index (χ4v) is 2.58. The molecule has 2 amide bonds. The van der Waals surface area contributed by atoms with E-state index in [2.05, 4.69) is 15.2 Å². The molecular formula is C16H24N4O2. The van der Waals surface area contributed by atoms with Crippen LogP contribution in [0.25, 0.3) is 0 Å². The summed E-state index contributed by atoms with van der Waals surface area (Å²) in [6, 6.07) is 6.10. The Labute approximate surface area is 131 Å². The standard InChI is InChI=1S/C16H24N4O2/c1-12(16(17)22)5-6-15(21)19-13-7-10-20(11-8-13)14-4-2-3-9-18-14/h2-4,9,12-13H,5-8,10-11H2,1H3,(H2,17,22)(H,19,21)/t12-/m0/s1. The first-order valence-corrected chi connectivity index (χ1v) is 7.81. The van der Waals surface area contributed by atoms with Gasteiger partial charge in [-0.15, -0.1) is 0 Å². The number of aromatic nitrogens is 1. The number of piperidine rings is 1. The molecule has 0 unspecified atom stereocenters. The molecule has 0 bridgehead atoms. The SMILES string of the molecule is C[C@@H](CCC(=O)NC1CCN(c2ccccn2)CC1)C(N)=O. The molecule has 1 aromatic heterocycles. The zero-order valence-electron chi connectivity index (χ0n) is 13.0. The van der Waals surface area contributed by atoms with E-state index in [0.717, 1.165) is 31.7 Å². The number of carbonyl (C=O) groups excluding carboxylic acids is 2. The number of nitrogens with zero attached hydrogens (tertiary/aromatic N) is 2. The lowest BCUT2D eigenvalue weighted by molar-refractivity contribution is -0.123. The van der Waals surface area contributed by atoms with Crippen LogP contribution >= 0.6 is 0 Å². The number of carbonyl (C=O) groups is 2. The summed E-state index contributed by atoms with van der Waals surface area (Å²) in [5, 5.41) is 3.05. The molecule has 0 radical (unpaired) electrons. The summed E-state index contributed by atoms with van der Waals surface area (Å²) in [5.41, 5.74) is 5.19. The highest BCUT2D eigenvalue weighted by Gasteiger charge is 2.21. The number of amides is 2. The molecule has 0 saturated carbocycles. The number of nitrogens with two attached hydrogens (primary N) is 1. The van der Waals surface area contributed by atoms with Gasteiger partial charge >= 0.3 is 0 Å². The number of hydrogen-bond acceptors (Lipinski definition) is 4. The van der Waals surface area contributed by atoms with Crippen LogP contribution in [-0.4, -0.2) is 35.9 Å². The van der Waals surface area contributed by atoms with Gasteiger partial charge in [0.1, 0.15) is 5.82 Å². The maximum Gasteiger partial charge on any atom is 0.220 e. The summed E-state index contributed by atoms with van der Waals surface area (Å²) < 4.78 is 0. The molecule has 1 aromatic rings. The fourth-order valence-electron chi connectivity index (χ4n) is 2.58. The van der Waals surface area contributed by atoms with E-state index >= 15 is 0 Å². The van der Waals surface area contributed by atoms with Crippen molar-refractivity contribution in [3.63, 3.8) is 0 Å².